The minimum Gasteiger partial charge on any atom is -0.292 e. The molecule has 0 unspecified atom stereocenters. The molecule has 0 aliphatic rings. The summed E-state index contributed by atoms with van der Waals surface area (Å²) in [4.78, 5) is 4.59. The normalized spacial score (nSPS) is 11.6. The Balaban J connectivity index is 4.34. The van der Waals surface area contributed by atoms with Crippen LogP contribution in [0.25, 0.3) is 0 Å². The van der Waals surface area contributed by atoms with Gasteiger partial charge in [0.25, 0.3) is 0 Å². The van der Waals surface area contributed by atoms with Crippen LogP contribution < -0.4 is 0 Å². The molecular weight excluding hydrogens is 232 g/mol. The first-order valence-electron chi connectivity index (χ1n) is 6.71. The van der Waals surface area contributed by atoms with E-state index in [0.717, 1.165) is 39.3 Å². The SMILES string of the molecule is C=CCN(CC=C)C/C=C(\C)CN(CC=C)CC=C. The zero-order valence-electron chi connectivity index (χ0n) is 12.4. The Hall–Kier alpha value is -1.38. The van der Waals surface area contributed by atoms with Crippen LogP contribution in [-0.4, -0.2) is 49.1 Å². The smallest absolute Gasteiger partial charge is 0.0197 e. The van der Waals surface area contributed by atoms with Crippen LogP contribution in [0.2, 0.25) is 0 Å². The highest BCUT2D eigenvalue weighted by molar-refractivity contribution is 5.04. The number of rotatable bonds is 12. The van der Waals surface area contributed by atoms with Crippen LogP contribution in [-0.2, 0) is 0 Å². The molecule has 0 amide bonds. The quantitative estimate of drug-likeness (QED) is 0.497. The van der Waals surface area contributed by atoms with Crippen molar-refractivity contribution in [2.75, 3.05) is 39.3 Å². The van der Waals surface area contributed by atoms with Gasteiger partial charge in [-0.15, -0.1) is 26.3 Å². The van der Waals surface area contributed by atoms with Crippen molar-refractivity contribution < 1.29 is 0 Å². The summed E-state index contributed by atoms with van der Waals surface area (Å²) >= 11 is 0. The molecule has 0 aliphatic heterocycles. The summed E-state index contributed by atoms with van der Waals surface area (Å²) in [6.07, 6.45) is 9.98. The van der Waals surface area contributed by atoms with Gasteiger partial charge in [-0.2, -0.15) is 0 Å². The molecule has 0 fully saturated rings. The van der Waals surface area contributed by atoms with E-state index in [1.54, 1.807) is 0 Å². The van der Waals surface area contributed by atoms with Crippen molar-refractivity contribution in [3.05, 3.63) is 62.3 Å². The molecule has 106 valence electrons. The molecule has 0 bridgehead atoms. The molecule has 0 aromatic rings. The van der Waals surface area contributed by atoms with Crippen molar-refractivity contribution in [3.63, 3.8) is 0 Å². The van der Waals surface area contributed by atoms with E-state index in [4.69, 9.17) is 0 Å². The lowest BCUT2D eigenvalue weighted by molar-refractivity contribution is 0.356. The van der Waals surface area contributed by atoms with Crippen molar-refractivity contribution in [2.45, 2.75) is 6.92 Å². The molecule has 0 aromatic heterocycles. The fourth-order valence-corrected chi connectivity index (χ4v) is 1.86. The van der Waals surface area contributed by atoms with E-state index in [9.17, 15) is 0 Å². The second-order valence-electron chi connectivity index (χ2n) is 4.62. The third-order valence-corrected chi connectivity index (χ3v) is 2.72. The summed E-state index contributed by atoms with van der Waals surface area (Å²) in [6.45, 7) is 22.7. The molecule has 0 spiro atoms. The molecule has 0 saturated carbocycles. The number of hydrogen-bond donors (Lipinski definition) is 0. The van der Waals surface area contributed by atoms with Gasteiger partial charge in [-0.1, -0.05) is 36.0 Å². The Morgan fingerprint density at radius 1 is 0.737 bits per heavy atom. The zero-order valence-corrected chi connectivity index (χ0v) is 12.4. The van der Waals surface area contributed by atoms with Crippen LogP contribution in [0, 0.1) is 0 Å². The molecule has 0 rings (SSSR count). The minimum atomic E-state index is 0.888. The third-order valence-electron chi connectivity index (χ3n) is 2.72. The van der Waals surface area contributed by atoms with Gasteiger partial charge >= 0.3 is 0 Å². The van der Waals surface area contributed by atoms with Gasteiger partial charge in [0.1, 0.15) is 0 Å². The fourth-order valence-electron chi connectivity index (χ4n) is 1.86. The average molecular weight is 260 g/mol. The van der Waals surface area contributed by atoms with E-state index in [1.165, 1.54) is 5.57 Å². The van der Waals surface area contributed by atoms with Crippen LogP contribution >= 0.6 is 0 Å². The predicted molar refractivity (Wildman–Crippen MR) is 87.4 cm³/mol. The minimum absolute atomic E-state index is 0.888. The van der Waals surface area contributed by atoms with Crippen molar-refractivity contribution in [3.8, 4) is 0 Å². The maximum Gasteiger partial charge on any atom is 0.0197 e. The number of nitrogens with zero attached hydrogens (tertiary/aromatic N) is 2. The largest absolute Gasteiger partial charge is 0.292 e. The van der Waals surface area contributed by atoms with Crippen LogP contribution in [0.4, 0.5) is 0 Å². The summed E-state index contributed by atoms with van der Waals surface area (Å²) in [5, 5.41) is 0. The lowest BCUT2D eigenvalue weighted by Crippen LogP contribution is -2.27. The van der Waals surface area contributed by atoms with E-state index >= 15 is 0 Å². The van der Waals surface area contributed by atoms with Gasteiger partial charge < -0.3 is 0 Å². The van der Waals surface area contributed by atoms with Gasteiger partial charge in [-0.05, 0) is 6.92 Å². The summed E-state index contributed by atoms with van der Waals surface area (Å²) in [5.74, 6) is 0. The topological polar surface area (TPSA) is 6.48 Å². The summed E-state index contributed by atoms with van der Waals surface area (Å²) in [7, 11) is 0. The molecule has 0 atom stereocenters. The Labute approximate surface area is 119 Å². The third kappa shape index (κ3) is 9.23. The first-order chi connectivity index (χ1) is 9.17. The molecule has 0 aliphatic carbocycles. The van der Waals surface area contributed by atoms with Gasteiger partial charge in [0, 0.05) is 39.3 Å². The van der Waals surface area contributed by atoms with Crippen molar-refractivity contribution in [1.82, 2.24) is 9.80 Å². The molecule has 0 saturated heterocycles. The Kier molecular flexibility index (Phi) is 10.8. The second kappa shape index (κ2) is 11.7. The second-order valence-corrected chi connectivity index (χ2v) is 4.62. The van der Waals surface area contributed by atoms with Gasteiger partial charge in [0.05, 0.1) is 0 Å². The van der Waals surface area contributed by atoms with Crippen LogP contribution in [0.5, 0.6) is 0 Å². The van der Waals surface area contributed by atoms with Crippen molar-refractivity contribution >= 4 is 0 Å². The molecule has 0 N–H and O–H groups in total. The molecule has 19 heavy (non-hydrogen) atoms. The Morgan fingerprint density at radius 3 is 1.58 bits per heavy atom. The number of hydrogen-bond acceptors (Lipinski definition) is 2. The molecule has 0 aromatic carbocycles. The lowest BCUT2D eigenvalue weighted by atomic mass is 10.2. The highest BCUT2D eigenvalue weighted by atomic mass is 15.1. The summed E-state index contributed by atoms with van der Waals surface area (Å²) in [6, 6.07) is 0. The Bertz CT molecular complexity index is 295. The highest BCUT2D eigenvalue weighted by Gasteiger charge is 2.02. The summed E-state index contributed by atoms with van der Waals surface area (Å²) in [5.41, 5.74) is 1.36. The van der Waals surface area contributed by atoms with Gasteiger partial charge in [0.2, 0.25) is 0 Å². The van der Waals surface area contributed by atoms with Crippen molar-refractivity contribution in [1.29, 1.82) is 0 Å². The standard InChI is InChI=1S/C17H28N2/c1-6-11-18(12-7-2)15-10-17(5)16-19(13-8-3)14-9-4/h6-10H,1-4,11-16H2,5H3/b17-10+. The Morgan fingerprint density at radius 2 is 1.16 bits per heavy atom. The van der Waals surface area contributed by atoms with Crippen molar-refractivity contribution in [2.24, 2.45) is 0 Å². The molecule has 2 nitrogen and oxygen atoms in total. The van der Waals surface area contributed by atoms with Crippen LogP contribution in [0.3, 0.4) is 0 Å². The van der Waals surface area contributed by atoms with E-state index in [1.807, 2.05) is 24.3 Å². The zero-order chi connectivity index (χ0) is 14.5. The van der Waals surface area contributed by atoms with Gasteiger partial charge in [-0.25, -0.2) is 0 Å². The van der Waals surface area contributed by atoms with Crippen LogP contribution in [0.1, 0.15) is 6.92 Å². The van der Waals surface area contributed by atoms with Crippen LogP contribution in [0.15, 0.2) is 62.3 Å². The maximum absolute atomic E-state index is 3.79. The average Bonchev–Trinajstić information content (AvgIpc) is 2.37. The monoisotopic (exact) mass is 260 g/mol. The van der Waals surface area contributed by atoms with E-state index in [2.05, 4.69) is 49.1 Å². The summed E-state index contributed by atoms with van der Waals surface area (Å²) < 4.78 is 0. The molecule has 0 radical (unpaired) electrons. The van der Waals surface area contributed by atoms with E-state index in [0.29, 0.717) is 0 Å². The van der Waals surface area contributed by atoms with E-state index in [-0.39, 0.29) is 0 Å². The molecular formula is C17H28N2. The highest BCUT2D eigenvalue weighted by Crippen LogP contribution is 2.01. The molecule has 2 heteroatoms. The first kappa shape index (κ1) is 17.6. The lowest BCUT2D eigenvalue weighted by Gasteiger charge is -2.20. The fraction of sp³-hybridized carbons (Fsp3) is 0.412. The maximum atomic E-state index is 3.79. The van der Waals surface area contributed by atoms with Gasteiger partial charge in [0.15, 0.2) is 0 Å². The van der Waals surface area contributed by atoms with E-state index < -0.39 is 0 Å². The van der Waals surface area contributed by atoms with Gasteiger partial charge in [-0.3, -0.25) is 9.80 Å². The predicted octanol–water partition coefficient (Wildman–Crippen LogP) is 3.28. The molecule has 0 heterocycles. The first-order valence-corrected chi connectivity index (χ1v) is 6.71.